The Morgan fingerprint density at radius 3 is 2.43 bits per heavy atom. The number of nitrogens with one attached hydrogen (secondary N) is 1. The molecule has 0 bridgehead atoms. The second-order valence-corrected chi connectivity index (χ2v) is 2.51. The van der Waals surface area contributed by atoms with Gasteiger partial charge in [0.1, 0.15) is 0 Å². The highest BCUT2D eigenvalue weighted by molar-refractivity contribution is 5.22. The first-order valence-electron chi connectivity index (χ1n) is 3.45. The van der Waals surface area contributed by atoms with E-state index >= 15 is 0 Å². The summed E-state index contributed by atoms with van der Waals surface area (Å²) >= 11 is 0. The van der Waals surface area contributed by atoms with Crippen LogP contribution in [0.25, 0.3) is 0 Å². The van der Waals surface area contributed by atoms with E-state index in [-0.39, 0.29) is 5.69 Å². The number of aromatic amines is 1. The number of H-pyrrole nitrogens is 1. The van der Waals surface area contributed by atoms with Crippen molar-refractivity contribution in [1.82, 2.24) is 4.98 Å². The number of alkyl halides is 3. The van der Waals surface area contributed by atoms with Crippen LogP contribution >= 0.6 is 0 Å². The molecule has 0 aliphatic rings. The second kappa shape index (κ2) is 3.32. The van der Waals surface area contributed by atoms with Gasteiger partial charge >= 0.3 is 6.36 Å². The molecule has 0 spiro atoms. The highest BCUT2D eigenvalue weighted by atomic mass is 19.4. The third kappa shape index (κ3) is 2.48. The highest BCUT2D eigenvalue weighted by Crippen LogP contribution is 2.21. The molecule has 78 valence electrons. The minimum atomic E-state index is -5.08. The van der Waals surface area contributed by atoms with E-state index in [1.54, 1.807) is 0 Å². The van der Waals surface area contributed by atoms with Gasteiger partial charge in [-0.25, -0.2) is 4.39 Å². The van der Waals surface area contributed by atoms with Gasteiger partial charge in [0, 0.05) is 5.69 Å². The molecule has 0 radical (unpaired) electrons. The van der Waals surface area contributed by atoms with Crippen LogP contribution < -0.4 is 10.3 Å². The molecule has 1 rings (SSSR count). The largest absolute Gasteiger partial charge is 0.573 e. The summed E-state index contributed by atoms with van der Waals surface area (Å²) in [6.07, 6.45) is -5.08. The van der Waals surface area contributed by atoms with Gasteiger partial charge in [0.05, 0.1) is 0 Å². The Morgan fingerprint density at radius 2 is 2.00 bits per heavy atom. The van der Waals surface area contributed by atoms with Gasteiger partial charge in [0.15, 0.2) is 5.82 Å². The molecule has 14 heavy (non-hydrogen) atoms. The lowest BCUT2D eigenvalue weighted by Gasteiger charge is -2.08. The predicted molar refractivity (Wildman–Crippen MR) is 38.4 cm³/mol. The molecule has 0 aliphatic heterocycles. The van der Waals surface area contributed by atoms with Crippen molar-refractivity contribution in [2.24, 2.45) is 0 Å². The lowest BCUT2D eigenvalue weighted by molar-refractivity contribution is -0.276. The molecular formula is C7H5F4NO2. The fourth-order valence-electron chi connectivity index (χ4n) is 0.847. The van der Waals surface area contributed by atoms with Gasteiger partial charge in [0.2, 0.25) is 5.75 Å². The molecular weight excluding hydrogens is 206 g/mol. The number of aryl methyl sites for hydroxylation is 1. The molecule has 0 saturated carbocycles. The summed E-state index contributed by atoms with van der Waals surface area (Å²) in [5, 5.41) is 0. The molecule has 7 heteroatoms. The molecule has 0 saturated heterocycles. The summed E-state index contributed by atoms with van der Waals surface area (Å²) in [7, 11) is 0. The summed E-state index contributed by atoms with van der Waals surface area (Å²) in [5.74, 6) is -2.72. The van der Waals surface area contributed by atoms with Crippen molar-refractivity contribution in [1.29, 1.82) is 0 Å². The number of hydrogen-bond donors (Lipinski definition) is 1. The van der Waals surface area contributed by atoms with Crippen molar-refractivity contribution in [3.05, 3.63) is 27.9 Å². The van der Waals surface area contributed by atoms with Crippen LogP contribution in [0.1, 0.15) is 5.69 Å². The Hall–Kier alpha value is -1.53. The van der Waals surface area contributed by atoms with E-state index in [0.29, 0.717) is 0 Å². The van der Waals surface area contributed by atoms with Gasteiger partial charge in [-0.1, -0.05) is 0 Å². The zero-order chi connectivity index (χ0) is 10.9. The van der Waals surface area contributed by atoms with Crippen LogP contribution in [0.2, 0.25) is 0 Å². The molecule has 3 nitrogen and oxygen atoms in total. The average Bonchev–Trinajstić information content (AvgIpc) is 1.95. The Morgan fingerprint density at radius 1 is 1.43 bits per heavy atom. The van der Waals surface area contributed by atoms with Gasteiger partial charge in [-0.3, -0.25) is 4.79 Å². The minimum Gasteiger partial charge on any atom is -0.397 e. The average molecular weight is 211 g/mol. The van der Waals surface area contributed by atoms with Crippen LogP contribution in [-0.2, 0) is 0 Å². The SMILES string of the molecule is Cc1cc(F)c(OC(F)(F)F)c(=O)[nH]1. The van der Waals surface area contributed by atoms with Crippen molar-refractivity contribution in [2.75, 3.05) is 0 Å². The number of halogens is 4. The molecule has 1 aromatic rings. The van der Waals surface area contributed by atoms with Crippen LogP contribution in [0.4, 0.5) is 17.6 Å². The third-order valence-corrected chi connectivity index (χ3v) is 1.29. The van der Waals surface area contributed by atoms with Crippen molar-refractivity contribution < 1.29 is 22.3 Å². The Bertz CT molecular complexity index is 396. The summed E-state index contributed by atoms with van der Waals surface area (Å²) in [4.78, 5) is 12.8. The molecule has 0 amide bonds. The van der Waals surface area contributed by atoms with Crippen LogP contribution in [-0.4, -0.2) is 11.3 Å². The molecule has 1 N–H and O–H groups in total. The monoisotopic (exact) mass is 211 g/mol. The van der Waals surface area contributed by atoms with Crippen molar-refractivity contribution in [3.63, 3.8) is 0 Å². The quantitative estimate of drug-likeness (QED) is 0.718. The Labute approximate surface area is 75.3 Å². The van der Waals surface area contributed by atoms with E-state index in [0.717, 1.165) is 6.07 Å². The van der Waals surface area contributed by atoms with E-state index in [2.05, 4.69) is 4.74 Å². The standard InChI is InChI=1S/C7H5F4NO2/c1-3-2-4(8)5(6(13)12-3)14-7(9,10)11/h2H,1H3,(H,12,13). The fraction of sp³-hybridized carbons (Fsp3) is 0.286. The number of hydrogen-bond acceptors (Lipinski definition) is 2. The van der Waals surface area contributed by atoms with Crippen LogP contribution in [0.15, 0.2) is 10.9 Å². The van der Waals surface area contributed by atoms with Crippen LogP contribution in [0, 0.1) is 12.7 Å². The van der Waals surface area contributed by atoms with Crippen molar-refractivity contribution >= 4 is 0 Å². The highest BCUT2D eigenvalue weighted by Gasteiger charge is 2.33. The van der Waals surface area contributed by atoms with Crippen LogP contribution in [0.3, 0.4) is 0 Å². The lowest BCUT2D eigenvalue weighted by atomic mass is 10.3. The van der Waals surface area contributed by atoms with Gasteiger partial charge in [-0.05, 0) is 13.0 Å². The molecule has 1 aromatic heterocycles. The Balaban J connectivity index is 3.16. The normalized spacial score (nSPS) is 11.5. The summed E-state index contributed by atoms with van der Waals surface area (Å²) < 4.78 is 51.0. The molecule has 1 heterocycles. The summed E-state index contributed by atoms with van der Waals surface area (Å²) in [5.41, 5.74) is -1.14. The van der Waals surface area contributed by atoms with E-state index in [9.17, 15) is 22.4 Å². The maximum atomic E-state index is 12.8. The predicted octanol–water partition coefficient (Wildman–Crippen LogP) is 1.72. The van der Waals surface area contributed by atoms with Crippen molar-refractivity contribution in [2.45, 2.75) is 13.3 Å². The first-order valence-corrected chi connectivity index (χ1v) is 3.45. The first kappa shape index (κ1) is 10.6. The maximum absolute atomic E-state index is 12.8. The lowest BCUT2D eigenvalue weighted by Crippen LogP contribution is -2.24. The second-order valence-electron chi connectivity index (χ2n) is 2.51. The third-order valence-electron chi connectivity index (χ3n) is 1.29. The Kier molecular flexibility index (Phi) is 2.50. The fourth-order valence-corrected chi connectivity index (χ4v) is 0.847. The van der Waals surface area contributed by atoms with E-state index in [1.165, 1.54) is 6.92 Å². The summed E-state index contributed by atoms with van der Waals surface area (Å²) in [6, 6.07) is 0.739. The van der Waals surface area contributed by atoms with E-state index in [1.807, 2.05) is 4.98 Å². The minimum absolute atomic E-state index is 0.113. The summed E-state index contributed by atoms with van der Waals surface area (Å²) in [6.45, 7) is 1.34. The molecule has 0 fully saturated rings. The topological polar surface area (TPSA) is 42.1 Å². The van der Waals surface area contributed by atoms with Crippen LogP contribution in [0.5, 0.6) is 5.75 Å². The molecule has 0 aliphatic carbocycles. The molecule has 0 atom stereocenters. The van der Waals surface area contributed by atoms with E-state index < -0.39 is 23.5 Å². The van der Waals surface area contributed by atoms with Gasteiger partial charge < -0.3 is 9.72 Å². The van der Waals surface area contributed by atoms with Gasteiger partial charge in [0.25, 0.3) is 5.56 Å². The van der Waals surface area contributed by atoms with E-state index in [4.69, 9.17) is 0 Å². The number of rotatable bonds is 1. The van der Waals surface area contributed by atoms with Gasteiger partial charge in [-0.15, -0.1) is 13.2 Å². The smallest absolute Gasteiger partial charge is 0.397 e. The number of pyridine rings is 1. The number of ether oxygens (including phenoxy) is 1. The number of aromatic nitrogens is 1. The zero-order valence-electron chi connectivity index (χ0n) is 6.91. The van der Waals surface area contributed by atoms with Gasteiger partial charge in [-0.2, -0.15) is 0 Å². The van der Waals surface area contributed by atoms with Crippen molar-refractivity contribution in [3.8, 4) is 5.75 Å². The zero-order valence-corrected chi connectivity index (χ0v) is 6.91. The molecule has 0 unspecified atom stereocenters. The molecule has 0 aromatic carbocycles. The maximum Gasteiger partial charge on any atom is 0.573 e. The first-order chi connectivity index (χ1) is 6.29.